The van der Waals surface area contributed by atoms with Crippen molar-refractivity contribution in [1.82, 2.24) is 9.80 Å². The number of hydrogen-bond donors (Lipinski definition) is 1. The van der Waals surface area contributed by atoms with Gasteiger partial charge >= 0.3 is 0 Å². The van der Waals surface area contributed by atoms with Crippen LogP contribution in [-0.2, 0) is 16.1 Å². The molecule has 0 bridgehead atoms. The second-order valence-electron chi connectivity index (χ2n) is 7.16. The van der Waals surface area contributed by atoms with Gasteiger partial charge in [-0.25, -0.2) is 0 Å². The lowest BCUT2D eigenvalue weighted by Crippen LogP contribution is -2.37. The maximum Gasteiger partial charge on any atom is 0.230 e. The molecule has 2 aliphatic heterocycles. The highest BCUT2D eigenvalue weighted by Crippen LogP contribution is 2.41. The number of nitrogens with zero attached hydrogens (tertiary/aromatic N) is 2. The van der Waals surface area contributed by atoms with Gasteiger partial charge in [-0.05, 0) is 43.5 Å². The predicted molar refractivity (Wildman–Crippen MR) is 94.6 cm³/mol. The smallest absolute Gasteiger partial charge is 0.230 e. The maximum absolute atomic E-state index is 12.7. The molecule has 5 heteroatoms. The second-order valence-corrected chi connectivity index (χ2v) is 7.16. The summed E-state index contributed by atoms with van der Waals surface area (Å²) in [5.41, 5.74) is 1.91. The van der Waals surface area contributed by atoms with Gasteiger partial charge in [0.25, 0.3) is 0 Å². The monoisotopic (exact) mass is 329 g/mol. The van der Waals surface area contributed by atoms with Crippen LogP contribution >= 0.6 is 0 Å². The molecule has 24 heavy (non-hydrogen) atoms. The van der Waals surface area contributed by atoms with E-state index in [1.54, 1.807) is 0 Å². The van der Waals surface area contributed by atoms with Crippen LogP contribution in [0.15, 0.2) is 24.3 Å². The zero-order chi connectivity index (χ0) is 17.2. The van der Waals surface area contributed by atoms with E-state index >= 15 is 0 Å². The number of nitrogens with one attached hydrogen (secondary N) is 1. The fraction of sp³-hybridized carbons (Fsp3) is 0.579. The normalized spacial score (nSPS) is 24.1. The third-order valence-electron chi connectivity index (χ3n) is 5.21. The summed E-state index contributed by atoms with van der Waals surface area (Å²) in [4.78, 5) is 28.2. The van der Waals surface area contributed by atoms with Gasteiger partial charge < -0.3 is 10.2 Å². The van der Waals surface area contributed by atoms with E-state index in [1.165, 1.54) is 12.5 Å². The minimum atomic E-state index is -0.134. The fourth-order valence-corrected chi connectivity index (χ4v) is 4.00. The van der Waals surface area contributed by atoms with Crippen LogP contribution in [-0.4, -0.2) is 47.8 Å². The van der Waals surface area contributed by atoms with E-state index in [4.69, 9.17) is 0 Å². The van der Waals surface area contributed by atoms with E-state index in [2.05, 4.69) is 29.3 Å². The highest BCUT2D eigenvalue weighted by atomic mass is 16.2. The maximum atomic E-state index is 12.7. The van der Waals surface area contributed by atoms with Gasteiger partial charge in [-0.15, -0.1) is 0 Å². The van der Waals surface area contributed by atoms with E-state index < -0.39 is 0 Å². The summed E-state index contributed by atoms with van der Waals surface area (Å²) in [6, 6.07) is 7.98. The van der Waals surface area contributed by atoms with Crippen molar-refractivity contribution < 1.29 is 9.59 Å². The standard InChI is InChI=1S/C19H27N3O2/c1-3-10-22-12-9-19(18(22)24)8-11-21(14-19)13-16-4-6-17(7-5-16)20-15(2)23/h4-7H,3,8-14H2,1-2H3,(H,20,23). The van der Waals surface area contributed by atoms with Crippen molar-refractivity contribution in [3.05, 3.63) is 29.8 Å². The molecule has 3 rings (SSSR count). The first-order valence-electron chi connectivity index (χ1n) is 8.91. The second kappa shape index (κ2) is 6.93. The zero-order valence-corrected chi connectivity index (χ0v) is 14.7. The van der Waals surface area contributed by atoms with Gasteiger partial charge in [-0.1, -0.05) is 19.1 Å². The molecule has 1 N–H and O–H groups in total. The van der Waals surface area contributed by atoms with Crippen molar-refractivity contribution in [3.63, 3.8) is 0 Å². The van der Waals surface area contributed by atoms with Crippen molar-refractivity contribution in [1.29, 1.82) is 0 Å². The summed E-state index contributed by atoms with van der Waals surface area (Å²) in [5.74, 6) is 0.313. The van der Waals surface area contributed by atoms with Crippen LogP contribution < -0.4 is 5.32 Å². The Morgan fingerprint density at radius 2 is 1.92 bits per heavy atom. The fourth-order valence-electron chi connectivity index (χ4n) is 4.00. The van der Waals surface area contributed by atoms with Crippen molar-refractivity contribution in [2.75, 3.05) is 31.5 Å². The molecule has 0 saturated carbocycles. The summed E-state index contributed by atoms with van der Waals surface area (Å²) in [6.45, 7) is 8.18. The van der Waals surface area contributed by atoms with Crippen molar-refractivity contribution >= 4 is 17.5 Å². The minimum absolute atomic E-state index is 0.0550. The molecule has 5 nitrogen and oxygen atoms in total. The van der Waals surface area contributed by atoms with Crippen LogP contribution in [0.4, 0.5) is 5.69 Å². The summed E-state index contributed by atoms with van der Waals surface area (Å²) in [6.07, 6.45) is 3.02. The van der Waals surface area contributed by atoms with Gasteiger partial charge in [0.1, 0.15) is 0 Å². The van der Waals surface area contributed by atoms with Gasteiger partial charge in [0.15, 0.2) is 0 Å². The minimum Gasteiger partial charge on any atom is -0.342 e. The van der Waals surface area contributed by atoms with Crippen molar-refractivity contribution in [2.24, 2.45) is 5.41 Å². The van der Waals surface area contributed by atoms with Crippen LogP contribution in [0.3, 0.4) is 0 Å². The van der Waals surface area contributed by atoms with E-state index in [0.29, 0.717) is 5.91 Å². The Labute approximate surface area is 144 Å². The van der Waals surface area contributed by atoms with Gasteiger partial charge in [0.2, 0.25) is 11.8 Å². The number of likely N-dealkylation sites (tertiary alicyclic amines) is 2. The van der Waals surface area contributed by atoms with Gasteiger partial charge in [0, 0.05) is 38.8 Å². The molecule has 1 aromatic carbocycles. The van der Waals surface area contributed by atoms with E-state index in [1.807, 2.05) is 17.0 Å². The molecule has 2 saturated heterocycles. The SMILES string of the molecule is CCCN1CCC2(CCN(Cc3ccc(NC(C)=O)cc3)C2)C1=O. The summed E-state index contributed by atoms with van der Waals surface area (Å²) < 4.78 is 0. The molecular weight excluding hydrogens is 302 g/mol. The third kappa shape index (κ3) is 3.46. The lowest BCUT2D eigenvalue weighted by molar-refractivity contribution is -0.135. The quantitative estimate of drug-likeness (QED) is 0.903. The number of carbonyl (C=O) groups is 2. The molecule has 1 atom stereocenters. The first-order valence-corrected chi connectivity index (χ1v) is 8.91. The van der Waals surface area contributed by atoms with Gasteiger partial charge in [0.05, 0.1) is 5.41 Å². The van der Waals surface area contributed by atoms with Crippen molar-refractivity contribution in [2.45, 2.75) is 39.7 Å². The number of amides is 2. The Hall–Kier alpha value is -1.88. The Balaban J connectivity index is 1.58. The Kier molecular flexibility index (Phi) is 4.90. The number of benzene rings is 1. The van der Waals surface area contributed by atoms with Gasteiger partial charge in [-0.2, -0.15) is 0 Å². The van der Waals surface area contributed by atoms with Crippen LogP contribution in [0, 0.1) is 5.41 Å². The molecule has 0 aromatic heterocycles. The zero-order valence-electron chi connectivity index (χ0n) is 14.7. The molecule has 2 amide bonds. The molecule has 2 fully saturated rings. The molecule has 130 valence electrons. The Bertz CT molecular complexity index is 614. The van der Waals surface area contributed by atoms with Crippen LogP contribution in [0.5, 0.6) is 0 Å². The molecule has 2 aliphatic rings. The van der Waals surface area contributed by atoms with Crippen LogP contribution in [0.25, 0.3) is 0 Å². The average Bonchev–Trinajstić information content (AvgIpc) is 3.09. The first-order chi connectivity index (χ1) is 11.5. The highest BCUT2D eigenvalue weighted by molar-refractivity contribution is 5.88. The summed E-state index contributed by atoms with van der Waals surface area (Å²) in [7, 11) is 0. The van der Waals surface area contributed by atoms with Gasteiger partial charge in [-0.3, -0.25) is 14.5 Å². The summed E-state index contributed by atoms with van der Waals surface area (Å²) in [5, 5.41) is 2.79. The molecule has 0 radical (unpaired) electrons. The summed E-state index contributed by atoms with van der Waals surface area (Å²) >= 11 is 0. The number of rotatable bonds is 5. The first kappa shape index (κ1) is 17.0. The molecule has 2 heterocycles. The predicted octanol–water partition coefficient (Wildman–Crippen LogP) is 2.48. The average molecular weight is 329 g/mol. The van der Waals surface area contributed by atoms with Crippen molar-refractivity contribution in [3.8, 4) is 0 Å². The third-order valence-corrected chi connectivity index (χ3v) is 5.21. The van der Waals surface area contributed by atoms with Crippen LogP contribution in [0.1, 0.15) is 38.7 Å². The van der Waals surface area contributed by atoms with E-state index in [-0.39, 0.29) is 11.3 Å². The Morgan fingerprint density at radius 1 is 1.21 bits per heavy atom. The lowest BCUT2D eigenvalue weighted by atomic mass is 9.85. The largest absolute Gasteiger partial charge is 0.342 e. The molecule has 0 aliphatic carbocycles. The molecule has 1 unspecified atom stereocenters. The lowest BCUT2D eigenvalue weighted by Gasteiger charge is -2.23. The topological polar surface area (TPSA) is 52.6 Å². The van der Waals surface area contributed by atoms with E-state index in [9.17, 15) is 9.59 Å². The highest BCUT2D eigenvalue weighted by Gasteiger charge is 2.50. The molecule has 1 aromatic rings. The molecule has 1 spiro atoms. The Morgan fingerprint density at radius 3 is 2.58 bits per heavy atom. The molecular formula is C19H27N3O2. The number of hydrogen-bond acceptors (Lipinski definition) is 3. The number of carbonyl (C=O) groups excluding carboxylic acids is 2. The van der Waals surface area contributed by atoms with Crippen LogP contribution in [0.2, 0.25) is 0 Å². The van der Waals surface area contributed by atoms with E-state index in [0.717, 1.165) is 57.7 Å². The number of anilines is 1.